The summed E-state index contributed by atoms with van der Waals surface area (Å²) in [5.74, 6) is 7.87. The van der Waals surface area contributed by atoms with E-state index < -0.39 is 23.0 Å². The molecule has 4 rings (SSSR count). The van der Waals surface area contributed by atoms with Crippen LogP contribution in [0.1, 0.15) is 27.8 Å². The largest absolute Gasteiger partial charge is 0.384 e. The maximum Gasteiger partial charge on any atom is 0.143 e. The first kappa shape index (κ1) is 23.1. The van der Waals surface area contributed by atoms with Gasteiger partial charge in [0.25, 0.3) is 0 Å². The molecule has 0 saturated heterocycles. The van der Waals surface area contributed by atoms with Crippen LogP contribution < -0.4 is 0 Å². The molecule has 5 heteroatoms. The summed E-state index contributed by atoms with van der Waals surface area (Å²) in [6.07, 6.45) is 0.567. The maximum absolute atomic E-state index is 14.5. The van der Waals surface area contributed by atoms with E-state index in [1.807, 2.05) is 0 Å². The predicted octanol–water partition coefficient (Wildman–Crippen LogP) is 6.38. The number of rotatable bonds is 3. The van der Waals surface area contributed by atoms with E-state index in [1.165, 1.54) is 24.3 Å². The van der Waals surface area contributed by atoms with Gasteiger partial charge in [-0.15, -0.1) is 0 Å². The lowest BCUT2D eigenvalue weighted by molar-refractivity contribution is 0.202. The van der Waals surface area contributed by atoms with Gasteiger partial charge in [0.05, 0.1) is 17.7 Å². The Hall–Kier alpha value is -4.06. The van der Waals surface area contributed by atoms with E-state index in [-0.39, 0.29) is 16.9 Å². The molecule has 0 aliphatic rings. The summed E-state index contributed by atoms with van der Waals surface area (Å²) in [5, 5.41) is 1.46. The fourth-order valence-electron chi connectivity index (χ4n) is 3.37. The van der Waals surface area contributed by atoms with Gasteiger partial charge in [-0.3, -0.25) is 0 Å². The second kappa shape index (κ2) is 10.3. The van der Waals surface area contributed by atoms with Crippen LogP contribution in [0.25, 0.3) is 10.8 Å². The highest BCUT2D eigenvalue weighted by Crippen LogP contribution is 2.18. The van der Waals surface area contributed by atoms with Crippen LogP contribution in [-0.2, 0) is 11.2 Å². The molecule has 0 fully saturated rings. The Morgan fingerprint density at radius 1 is 0.647 bits per heavy atom. The van der Waals surface area contributed by atoms with Crippen LogP contribution in [-0.4, -0.2) is 13.7 Å². The molecular formula is C29H18F4O. The number of methoxy groups -OCH3 is 1. The maximum atomic E-state index is 14.5. The fraction of sp³-hybridized carbons (Fsp3) is 0.103. The van der Waals surface area contributed by atoms with Crippen molar-refractivity contribution in [1.29, 1.82) is 0 Å². The first-order valence-electron chi connectivity index (χ1n) is 10.4. The van der Waals surface area contributed by atoms with Crippen LogP contribution in [0.2, 0.25) is 0 Å². The Balaban J connectivity index is 1.57. The average molecular weight is 458 g/mol. The second-order valence-electron chi connectivity index (χ2n) is 7.58. The van der Waals surface area contributed by atoms with Crippen LogP contribution in [0.4, 0.5) is 17.6 Å². The zero-order valence-electron chi connectivity index (χ0n) is 18.2. The van der Waals surface area contributed by atoms with Crippen LogP contribution in [0.15, 0.2) is 66.7 Å². The monoisotopic (exact) mass is 458 g/mol. The zero-order chi connectivity index (χ0) is 24.1. The Bertz CT molecular complexity index is 1480. The van der Waals surface area contributed by atoms with Gasteiger partial charge in [-0.2, -0.15) is 0 Å². The van der Waals surface area contributed by atoms with Crippen molar-refractivity contribution in [1.82, 2.24) is 0 Å². The van der Waals surface area contributed by atoms with Crippen molar-refractivity contribution in [2.24, 2.45) is 0 Å². The highest BCUT2D eigenvalue weighted by molar-refractivity contribution is 5.84. The van der Waals surface area contributed by atoms with Crippen molar-refractivity contribution in [3.8, 4) is 23.7 Å². The molecule has 0 aliphatic heterocycles. The minimum atomic E-state index is -0.866. The molecule has 168 valence electrons. The second-order valence-corrected chi connectivity index (χ2v) is 7.58. The van der Waals surface area contributed by atoms with Gasteiger partial charge in [0, 0.05) is 18.2 Å². The van der Waals surface area contributed by atoms with E-state index in [9.17, 15) is 17.6 Å². The molecule has 4 aromatic carbocycles. The molecule has 0 amide bonds. The lowest BCUT2D eigenvalue weighted by atomic mass is 10.1. The first-order valence-corrected chi connectivity index (χ1v) is 10.4. The van der Waals surface area contributed by atoms with E-state index in [2.05, 4.69) is 23.7 Å². The molecule has 1 nitrogen and oxygen atoms in total. The first-order chi connectivity index (χ1) is 16.4. The van der Waals surface area contributed by atoms with Gasteiger partial charge in [-0.25, -0.2) is 17.6 Å². The van der Waals surface area contributed by atoms with Crippen molar-refractivity contribution < 1.29 is 22.3 Å². The number of hydrogen-bond acceptors (Lipinski definition) is 1. The summed E-state index contributed by atoms with van der Waals surface area (Å²) in [5.41, 5.74) is 1.10. The van der Waals surface area contributed by atoms with Crippen LogP contribution in [0.3, 0.4) is 0 Å². The van der Waals surface area contributed by atoms with Crippen molar-refractivity contribution in [2.75, 3.05) is 13.7 Å². The highest BCUT2D eigenvalue weighted by atomic mass is 19.1. The van der Waals surface area contributed by atoms with Gasteiger partial charge in [0.2, 0.25) is 0 Å². The molecule has 34 heavy (non-hydrogen) atoms. The number of benzene rings is 4. The Kier molecular flexibility index (Phi) is 6.97. The van der Waals surface area contributed by atoms with Crippen molar-refractivity contribution in [2.45, 2.75) is 6.42 Å². The minimum Gasteiger partial charge on any atom is -0.384 e. The van der Waals surface area contributed by atoms with E-state index in [0.717, 1.165) is 23.1 Å². The third-order valence-corrected chi connectivity index (χ3v) is 5.15. The standard InChI is InChI=1S/C29H18F4O/c1-34-13-12-20-2-6-22(27(31)15-20)7-4-21-16-28(32)26(29(33)17-21)11-5-19-3-8-24-18-25(30)10-9-23(24)14-19/h2-3,6,8-10,14-18H,12-13H2,1H3. The van der Waals surface area contributed by atoms with Gasteiger partial charge in [-0.05, 0) is 71.3 Å². The molecule has 0 radical (unpaired) electrons. The molecule has 0 aromatic heterocycles. The molecule has 0 atom stereocenters. The lowest BCUT2D eigenvalue weighted by Crippen LogP contribution is -1.96. The highest BCUT2D eigenvalue weighted by Gasteiger charge is 2.09. The van der Waals surface area contributed by atoms with E-state index >= 15 is 0 Å². The number of halogens is 4. The third kappa shape index (κ3) is 5.46. The molecule has 0 bridgehead atoms. The van der Waals surface area contributed by atoms with Gasteiger partial charge >= 0.3 is 0 Å². The summed E-state index contributed by atoms with van der Waals surface area (Å²) in [6, 6.07) is 16.2. The van der Waals surface area contributed by atoms with Crippen molar-refractivity contribution in [3.63, 3.8) is 0 Å². The summed E-state index contributed by atoms with van der Waals surface area (Å²) in [7, 11) is 1.57. The third-order valence-electron chi connectivity index (χ3n) is 5.15. The van der Waals surface area contributed by atoms with Gasteiger partial charge in [-0.1, -0.05) is 41.9 Å². The number of hydrogen-bond donors (Lipinski definition) is 0. The normalized spacial score (nSPS) is 10.4. The van der Waals surface area contributed by atoms with Crippen LogP contribution in [0.5, 0.6) is 0 Å². The van der Waals surface area contributed by atoms with Crippen molar-refractivity contribution >= 4 is 10.8 Å². The molecule has 0 N–H and O–H groups in total. The summed E-state index contributed by atoms with van der Waals surface area (Å²) >= 11 is 0. The number of ether oxygens (including phenoxy) is 1. The van der Waals surface area contributed by atoms with Crippen LogP contribution in [0, 0.1) is 47.0 Å². The molecule has 0 spiro atoms. The average Bonchev–Trinajstić information content (AvgIpc) is 2.81. The summed E-state index contributed by atoms with van der Waals surface area (Å²) in [6.45, 7) is 0.471. The van der Waals surface area contributed by atoms with Gasteiger partial charge < -0.3 is 4.74 Å². The topological polar surface area (TPSA) is 9.23 Å². The molecule has 0 unspecified atom stereocenters. The summed E-state index contributed by atoms with van der Waals surface area (Å²) < 4.78 is 61.6. The fourth-order valence-corrected chi connectivity index (χ4v) is 3.37. The molecular weight excluding hydrogens is 440 g/mol. The van der Waals surface area contributed by atoms with Gasteiger partial charge in [0.15, 0.2) is 0 Å². The predicted molar refractivity (Wildman–Crippen MR) is 124 cm³/mol. The van der Waals surface area contributed by atoms with E-state index in [1.54, 1.807) is 37.4 Å². The van der Waals surface area contributed by atoms with Gasteiger partial charge in [0.1, 0.15) is 23.3 Å². The SMILES string of the molecule is COCCc1ccc(C#Cc2cc(F)c(C#Cc3ccc4cc(F)ccc4c3)c(F)c2)c(F)c1. The lowest BCUT2D eigenvalue weighted by Gasteiger charge is -2.02. The van der Waals surface area contributed by atoms with E-state index in [4.69, 9.17) is 4.74 Å². The Morgan fingerprint density at radius 3 is 2.09 bits per heavy atom. The zero-order valence-corrected chi connectivity index (χ0v) is 18.2. The smallest absolute Gasteiger partial charge is 0.143 e. The summed E-state index contributed by atoms with van der Waals surface area (Å²) in [4.78, 5) is 0. The molecule has 0 heterocycles. The van der Waals surface area contributed by atoms with Crippen LogP contribution >= 0.6 is 0 Å². The molecule has 0 saturated carbocycles. The van der Waals surface area contributed by atoms with E-state index in [0.29, 0.717) is 24.0 Å². The number of fused-ring (bicyclic) bond motifs is 1. The Morgan fingerprint density at radius 2 is 1.35 bits per heavy atom. The quantitative estimate of drug-likeness (QED) is 0.256. The molecule has 4 aromatic rings. The minimum absolute atomic E-state index is 0.0659. The van der Waals surface area contributed by atoms with Crippen molar-refractivity contribution in [3.05, 3.63) is 118 Å². The molecule has 0 aliphatic carbocycles. The Labute approximate surface area is 195 Å².